The molecule has 1 fully saturated rings. The number of halogens is 3. The summed E-state index contributed by atoms with van der Waals surface area (Å²) in [6.45, 7) is 0.511. The van der Waals surface area contributed by atoms with E-state index in [-0.39, 0.29) is 36.5 Å². The molecule has 0 bridgehead atoms. The van der Waals surface area contributed by atoms with Crippen LogP contribution in [0.2, 0.25) is 0 Å². The number of methoxy groups -OCH3 is 1. The van der Waals surface area contributed by atoms with Gasteiger partial charge in [0.2, 0.25) is 0 Å². The Kier molecular flexibility index (Phi) is 6.36. The van der Waals surface area contributed by atoms with Crippen LogP contribution in [0, 0.1) is 0 Å². The molecule has 11 nitrogen and oxygen atoms in total. The predicted molar refractivity (Wildman–Crippen MR) is 117 cm³/mol. The number of rotatable bonds is 7. The summed E-state index contributed by atoms with van der Waals surface area (Å²) in [5, 5.41) is 16.5. The second kappa shape index (κ2) is 9.13. The highest BCUT2D eigenvalue weighted by Gasteiger charge is 2.49. The van der Waals surface area contributed by atoms with Gasteiger partial charge in [-0.3, -0.25) is 0 Å². The van der Waals surface area contributed by atoms with E-state index in [1.165, 1.54) is 16.7 Å². The average molecular weight is 515 g/mol. The first-order chi connectivity index (χ1) is 16.5. The lowest BCUT2D eigenvalue weighted by atomic mass is 10.2. The maximum atomic E-state index is 13.0. The maximum absolute atomic E-state index is 13.0. The molecule has 0 aliphatic carbocycles. The van der Waals surface area contributed by atoms with E-state index in [1.54, 1.807) is 24.3 Å². The second-order valence-electron chi connectivity index (χ2n) is 7.70. The number of likely N-dealkylation sites (tertiary alicyclic amines) is 1. The largest absolute Gasteiger partial charge is 0.534 e. The van der Waals surface area contributed by atoms with Crippen LogP contribution in [-0.2, 0) is 16.7 Å². The molecule has 1 saturated heterocycles. The molecule has 3 aromatic rings. The van der Waals surface area contributed by atoms with Gasteiger partial charge < -0.3 is 24.2 Å². The van der Waals surface area contributed by atoms with Gasteiger partial charge >= 0.3 is 21.7 Å². The number of alkyl halides is 3. The van der Waals surface area contributed by atoms with Crippen LogP contribution in [0.3, 0.4) is 0 Å². The molecule has 188 valence electrons. The Morgan fingerprint density at radius 2 is 1.97 bits per heavy atom. The fourth-order valence-corrected chi connectivity index (χ4v) is 4.13. The Hall–Kier alpha value is -3.75. The second-order valence-corrected chi connectivity index (χ2v) is 9.24. The van der Waals surface area contributed by atoms with Crippen LogP contribution in [0.5, 0.6) is 11.5 Å². The van der Waals surface area contributed by atoms with E-state index in [4.69, 9.17) is 4.74 Å². The number of nitrogens with zero attached hydrogens (tertiary/aromatic N) is 4. The monoisotopic (exact) mass is 515 g/mol. The fourth-order valence-electron chi connectivity index (χ4n) is 3.67. The van der Waals surface area contributed by atoms with Crippen molar-refractivity contribution in [2.75, 3.05) is 25.5 Å². The maximum Gasteiger partial charge on any atom is 0.534 e. The minimum absolute atomic E-state index is 0.0197. The quantitative estimate of drug-likeness (QED) is 0.360. The van der Waals surface area contributed by atoms with Gasteiger partial charge in [-0.05, 0) is 24.1 Å². The van der Waals surface area contributed by atoms with Crippen molar-refractivity contribution >= 4 is 33.1 Å². The number of hydrogen-bond donors (Lipinski definition) is 2. The summed E-state index contributed by atoms with van der Waals surface area (Å²) in [6.07, 6.45) is 0.420. The number of fused-ring (bicyclic) bond motifs is 1. The lowest BCUT2D eigenvalue weighted by molar-refractivity contribution is -0.0499. The number of carboxylic acid groups (broad SMARTS) is 1. The van der Waals surface area contributed by atoms with Gasteiger partial charge in [0.05, 0.1) is 13.7 Å². The molecule has 1 atom stereocenters. The minimum atomic E-state index is -5.96. The molecule has 1 amide bonds. The van der Waals surface area contributed by atoms with Gasteiger partial charge in [-0.2, -0.15) is 26.7 Å². The first-order valence-corrected chi connectivity index (χ1v) is 11.6. The number of ether oxygens (including phenoxy) is 1. The Balaban J connectivity index is 1.75. The third kappa shape index (κ3) is 5.03. The van der Waals surface area contributed by atoms with E-state index in [0.717, 1.165) is 17.8 Å². The smallest absolute Gasteiger partial charge is 0.497 e. The van der Waals surface area contributed by atoms with Crippen LogP contribution in [0.25, 0.3) is 11.0 Å². The normalized spacial score (nSPS) is 16.5. The van der Waals surface area contributed by atoms with E-state index < -0.39 is 33.5 Å². The third-order valence-electron chi connectivity index (χ3n) is 5.37. The summed E-state index contributed by atoms with van der Waals surface area (Å²) >= 11 is 0. The molecular weight excluding hydrogens is 495 g/mol. The van der Waals surface area contributed by atoms with Crippen molar-refractivity contribution in [2.24, 2.45) is 0 Å². The Morgan fingerprint density at radius 1 is 1.26 bits per heavy atom. The molecule has 0 saturated carbocycles. The Labute approximate surface area is 197 Å². The molecule has 15 heteroatoms. The van der Waals surface area contributed by atoms with Crippen molar-refractivity contribution < 1.29 is 40.4 Å². The van der Waals surface area contributed by atoms with Gasteiger partial charge in [-0.1, -0.05) is 12.1 Å². The van der Waals surface area contributed by atoms with Crippen LogP contribution >= 0.6 is 0 Å². The molecule has 2 aromatic heterocycles. The Bertz CT molecular complexity index is 1340. The van der Waals surface area contributed by atoms with Crippen molar-refractivity contribution in [3.8, 4) is 11.5 Å². The topological polar surface area (TPSA) is 136 Å². The highest BCUT2D eigenvalue weighted by atomic mass is 32.2. The van der Waals surface area contributed by atoms with Crippen LogP contribution in [0.1, 0.15) is 12.0 Å². The molecule has 3 heterocycles. The summed E-state index contributed by atoms with van der Waals surface area (Å²) < 4.78 is 73.3. The zero-order valence-corrected chi connectivity index (χ0v) is 19.0. The number of aromatic nitrogens is 3. The summed E-state index contributed by atoms with van der Waals surface area (Å²) in [7, 11) is -4.44. The first kappa shape index (κ1) is 24.4. The van der Waals surface area contributed by atoms with Crippen molar-refractivity contribution in [1.82, 2.24) is 19.7 Å². The van der Waals surface area contributed by atoms with Crippen molar-refractivity contribution in [2.45, 2.75) is 24.5 Å². The first-order valence-electron chi connectivity index (χ1n) is 10.2. The van der Waals surface area contributed by atoms with E-state index in [9.17, 15) is 31.5 Å². The number of pyridine rings is 1. The Morgan fingerprint density at radius 3 is 2.57 bits per heavy atom. The summed E-state index contributed by atoms with van der Waals surface area (Å²) in [5.74, 6) is 0.0342. The minimum Gasteiger partial charge on any atom is -0.497 e. The van der Waals surface area contributed by atoms with Crippen molar-refractivity contribution in [3.63, 3.8) is 0 Å². The van der Waals surface area contributed by atoms with Gasteiger partial charge in [-0.25, -0.2) is 14.5 Å². The molecule has 0 unspecified atom stereocenters. The number of nitrogens with one attached hydrogen (secondary N) is 1. The molecule has 1 aliphatic rings. The molecule has 0 radical (unpaired) electrons. The predicted octanol–water partition coefficient (Wildman–Crippen LogP) is 2.88. The van der Waals surface area contributed by atoms with Crippen LogP contribution < -0.4 is 14.2 Å². The zero-order chi connectivity index (χ0) is 25.4. The molecule has 1 aliphatic heterocycles. The van der Waals surface area contributed by atoms with Crippen molar-refractivity contribution in [3.05, 3.63) is 42.1 Å². The van der Waals surface area contributed by atoms with Crippen LogP contribution in [0.4, 0.5) is 23.8 Å². The summed E-state index contributed by atoms with van der Waals surface area (Å²) in [5.41, 5.74) is -4.80. The number of benzene rings is 1. The van der Waals surface area contributed by atoms with Crippen LogP contribution in [-0.4, -0.2) is 71.0 Å². The standard InChI is InChI=1S/C20H20F3N5O6S/c1-33-14-4-2-12(3-5-14)10-28-18-16(15(6-8-24-18)34-35(31,32)20(21,22)23)17(26-28)25-13-7-9-27(11-13)19(29)30/h2-6,8,13H,7,9-11H2,1H3,(H,25,26)(H,29,30)/t13-/m0/s1. The highest BCUT2D eigenvalue weighted by molar-refractivity contribution is 7.88. The third-order valence-corrected chi connectivity index (χ3v) is 6.33. The fraction of sp³-hybridized carbons (Fsp3) is 0.350. The highest BCUT2D eigenvalue weighted by Crippen LogP contribution is 2.36. The lowest BCUT2D eigenvalue weighted by Gasteiger charge is -2.14. The molecule has 4 rings (SSSR count). The molecule has 0 spiro atoms. The number of amides is 1. The van der Waals surface area contributed by atoms with Gasteiger partial charge in [0.15, 0.2) is 17.2 Å². The SMILES string of the molecule is COc1ccc(Cn2nc(N[C@H]3CCN(C(=O)O)C3)c3c(OS(=O)(=O)C(F)(F)F)ccnc32)cc1. The average Bonchev–Trinajstić information content (AvgIpc) is 3.39. The summed E-state index contributed by atoms with van der Waals surface area (Å²) in [4.78, 5) is 16.6. The van der Waals surface area contributed by atoms with Gasteiger partial charge in [0.1, 0.15) is 11.1 Å². The van der Waals surface area contributed by atoms with E-state index >= 15 is 0 Å². The van der Waals surface area contributed by atoms with Gasteiger partial charge in [-0.15, -0.1) is 0 Å². The van der Waals surface area contributed by atoms with Gasteiger partial charge in [0.25, 0.3) is 0 Å². The summed E-state index contributed by atoms with van der Waals surface area (Å²) in [6, 6.07) is 7.54. The number of carbonyl (C=O) groups is 1. The van der Waals surface area contributed by atoms with Crippen molar-refractivity contribution in [1.29, 1.82) is 0 Å². The molecule has 2 N–H and O–H groups in total. The van der Waals surface area contributed by atoms with Crippen LogP contribution in [0.15, 0.2) is 36.5 Å². The lowest BCUT2D eigenvalue weighted by Crippen LogP contribution is -2.30. The van der Waals surface area contributed by atoms with E-state index in [0.29, 0.717) is 12.2 Å². The number of anilines is 1. The van der Waals surface area contributed by atoms with E-state index in [2.05, 4.69) is 19.6 Å². The van der Waals surface area contributed by atoms with Gasteiger partial charge in [0, 0.05) is 31.4 Å². The zero-order valence-electron chi connectivity index (χ0n) is 18.2. The van der Waals surface area contributed by atoms with E-state index in [1.807, 2.05) is 0 Å². The molecule has 35 heavy (non-hydrogen) atoms. The molecular formula is C20H20F3N5O6S. The molecule has 1 aromatic carbocycles. The number of hydrogen-bond acceptors (Lipinski definition) is 8.